The van der Waals surface area contributed by atoms with E-state index in [1.807, 2.05) is 6.92 Å². The molecule has 0 aromatic rings. The fraction of sp³-hybridized carbons (Fsp3) is 0.900. The number of amides is 1. The predicted octanol–water partition coefficient (Wildman–Crippen LogP) is -2.66. The van der Waals surface area contributed by atoms with E-state index in [-0.39, 0.29) is 0 Å². The normalized spacial score (nSPS) is 18.2. The highest BCUT2D eigenvalue weighted by molar-refractivity contribution is 5.81. The molecular formula is C10H21NO6. The SMILES string of the molecule is CCCCNC(=O)[C@H](O)[C@H](O)[C@H](O)[C@@H](O)CO. The topological polar surface area (TPSA) is 130 Å². The van der Waals surface area contributed by atoms with E-state index in [2.05, 4.69) is 5.32 Å². The summed E-state index contributed by atoms with van der Waals surface area (Å²) in [5, 5.41) is 48.0. The summed E-state index contributed by atoms with van der Waals surface area (Å²) in [6, 6.07) is 0. The van der Waals surface area contributed by atoms with Gasteiger partial charge in [-0.15, -0.1) is 0 Å². The number of unbranched alkanes of at least 4 members (excludes halogenated alkanes) is 1. The molecule has 0 rings (SSSR count). The molecule has 6 N–H and O–H groups in total. The second kappa shape index (κ2) is 8.37. The molecule has 0 bridgehead atoms. The molecule has 17 heavy (non-hydrogen) atoms. The van der Waals surface area contributed by atoms with Crippen LogP contribution in [-0.2, 0) is 4.79 Å². The van der Waals surface area contributed by atoms with Crippen LogP contribution in [0.4, 0.5) is 0 Å². The van der Waals surface area contributed by atoms with E-state index in [0.29, 0.717) is 6.54 Å². The van der Waals surface area contributed by atoms with Crippen molar-refractivity contribution in [2.45, 2.75) is 44.2 Å². The molecule has 102 valence electrons. The van der Waals surface area contributed by atoms with Gasteiger partial charge in [-0.05, 0) is 6.42 Å². The average Bonchev–Trinajstić information content (AvgIpc) is 2.35. The smallest absolute Gasteiger partial charge is 0.251 e. The van der Waals surface area contributed by atoms with Crippen LogP contribution in [0.1, 0.15) is 19.8 Å². The number of nitrogens with one attached hydrogen (secondary N) is 1. The zero-order valence-corrected chi connectivity index (χ0v) is 9.78. The van der Waals surface area contributed by atoms with Gasteiger partial charge in [0, 0.05) is 6.54 Å². The summed E-state index contributed by atoms with van der Waals surface area (Å²) in [5.74, 6) is -0.824. The first-order valence-corrected chi connectivity index (χ1v) is 5.56. The maximum absolute atomic E-state index is 11.3. The molecular weight excluding hydrogens is 230 g/mol. The summed E-state index contributed by atoms with van der Waals surface area (Å²) in [7, 11) is 0. The second-order valence-electron chi connectivity index (χ2n) is 3.82. The predicted molar refractivity (Wildman–Crippen MR) is 59.0 cm³/mol. The molecule has 0 unspecified atom stereocenters. The van der Waals surface area contributed by atoms with Gasteiger partial charge in [-0.2, -0.15) is 0 Å². The van der Waals surface area contributed by atoms with E-state index >= 15 is 0 Å². The number of aliphatic hydroxyl groups excluding tert-OH is 5. The third-order valence-corrected chi connectivity index (χ3v) is 2.35. The van der Waals surface area contributed by atoms with Crippen LogP contribution in [0.25, 0.3) is 0 Å². The number of carbonyl (C=O) groups is 1. The minimum Gasteiger partial charge on any atom is -0.394 e. The van der Waals surface area contributed by atoms with E-state index in [9.17, 15) is 20.1 Å². The Morgan fingerprint density at radius 3 is 2.24 bits per heavy atom. The maximum atomic E-state index is 11.3. The van der Waals surface area contributed by atoms with Gasteiger partial charge >= 0.3 is 0 Å². The van der Waals surface area contributed by atoms with Gasteiger partial charge in [-0.3, -0.25) is 4.79 Å². The fourth-order valence-electron chi connectivity index (χ4n) is 1.17. The Labute approximate surface area is 99.7 Å². The van der Waals surface area contributed by atoms with Crippen molar-refractivity contribution in [1.29, 1.82) is 0 Å². The molecule has 0 aromatic carbocycles. The molecule has 0 spiro atoms. The molecule has 0 aromatic heterocycles. The van der Waals surface area contributed by atoms with E-state index in [1.54, 1.807) is 0 Å². The van der Waals surface area contributed by atoms with Crippen LogP contribution in [0.15, 0.2) is 0 Å². The summed E-state index contributed by atoms with van der Waals surface area (Å²) in [4.78, 5) is 11.3. The first-order chi connectivity index (χ1) is 7.95. The van der Waals surface area contributed by atoms with E-state index in [4.69, 9.17) is 10.2 Å². The molecule has 4 atom stereocenters. The van der Waals surface area contributed by atoms with Crippen LogP contribution in [0.3, 0.4) is 0 Å². The largest absolute Gasteiger partial charge is 0.394 e. The van der Waals surface area contributed by atoms with Gasteiger partial charge in [0.15, 0.2) is 6.10 Å². The van der Waals surface area contributed by atoms with Crippen LogP contribution in [0.2, 0.25) is 0 Å². The summed E-state index contributed by atoms with van der Waals surface area (Å²) in [5.41, 5.74) is 0. The van der Waals surface area contributed by atoms with Crippen molar-refractivity contribution in [3.05, 3.63) is 0 Å². The highest BCUT2D eigenvalue weighted by atomic mass is 16.4. The summed E-state index contributed by atoms with van der Waals surface area (Å²) in [6.45, 7) is 1.51. The zero-order chi connectivity index (χ0) is 13.4. The molecule has 0 saturated heterocycles. The standard InChI is InChI=1S/C10H21NO6/c1-2-3-4-11-10(17)9(16)8(15)7(14)6(13)5-12/h6-9,12-16H,2-5H2,1H3,(H,11,17)/t6-,7+,8+,9+/m0/s1. The molecule has 0 aliphatic carbocycles. The quantitative estimate of drug-likeness (QED) is 0.261. The van der Waals surface area contributed by atoms with Crippen molar-refractivity contribution < 1.29 is 30.3 Å². The van der Waals surface area contributed by atoms with Gasteiger partial charge in [-0.1, -0.05) is 13.3 Å². The van der Waals surface area contributed by atoms with E-state index in [0.717, 1.165) is 12.8 Å². The number of hydrogen-bond donors (Lipinski definition) is 6. The summed E-state index contributed by atoms with van der Waals surface area (Å²) in [6.07, 6.45) is -5.49. The van der Waals surface area contributed by atoms with Crippen LogP contribution in [0.5, 0.6) is 0 Å². The first-order valence-electron chi connectivity index (χ1n) is 5.56. The Morgan fingerprint density at radius 2 is 1.76 bits per heavy atom. The molecule has 7 heteroatoms. The van der Waals surface area contributed by atoms with E-state index in [1.165, 1.54) is 0 Å². The first kappa shape index (κ1) is 16.3. The Bertz CT molecular complexity index is 225. The highest BCUT2D eigenvalue weighted by Crippen LogP contribution is 2.05. The fourth-order valence-corrected chi connectivity index (χ4v) is 1.17. The van der Waals surface area contributed by atoms with E-state index < -0.39 is 36.9 Å². The lowest BCUT2D eigenvalue weighted by Gasteiger charge is -2.24. The minimum atomic E-state index is -1.85. The second-order valence-corrected chi connectivity index (χ2v) is 3.82. The highest BCUT2D eigenvalue weighted by Gasteiger charge is 2.33. The number of rotatable bonds is 8. The molecule has 1 amide bonds. The maximum Gasteiger partial charge on any atom is 0.251 e. The van der Waals surface area contributed by atoms with Crippen molar-refractivity contribution in [3.63, 3.8) is 0 Å². The molecule has 0 saturated carbocycles. The number of hydrogen-bond acceptors (Lipinski definition) is 6. The number of carbonyl (C=O) groups excluding carboxylic acids is 1. The molecule has 0 aliphatic heterocycles. The van der Waals surface area contributed by atoms with Crippen LogP contribution >= 0.6 is 0 Å². The molecule has 0 radical (unpaired) electrons. The van der Waals surface area contributed by atoms with Gasteiger partial charge in [0.25, 0.3) is 5.91 Å². The van der Waals surface area contributed by atoms with Gasteiger partial charge in [0.2, 0.25) is 0 Å². The number of aliphatic hydroxyl groups is 5. The van der Waals surface area contributed by atoms with Crippen molar-refractivity contribution >= 4 is 5.91 Å². The molecule has 0 aliphatic rings. The Kier molecular flexibility index (Phi) is 8.01. The monoisotopic (exact) mass is 251 g/mol. The van der Waals surface area contributed by atoms with Gasteiger partial charge in [-0.25, -0.2) is 0 Å². The zero-order valence-electron chi connectivity index (χ0n) is 9.78. The molecule has 0 fully saturated rings. The summed E-state index contributed by atoms with van der Waals surface area (Å²) >= 11 is 0. The van der Waals surface area contributed by atoms with Gasteiger partial charge in [0.05, 0.1) is 6.61 Å². The molecule has 0 heterocycles. The third-order valence-electron chi connectivity index (χ3n) is 2.35. The lowest BCUT2D eigenvalue weighted by Crippen LogP contribution is -2.51. The van der Waals surface area contributed by atoms with Crippen molar-refractivity contribution in [2.75, 3.05) is 13.2 Å². The molecule has 7 nitrogen and oxygen atoms in total. The van der Waals surface area contributed by atoms with Gasteiger partial charge in [0.1, 0.15) is 18.3 Å². The van der Waals surface area contributed by atoms with Crippen molar-refractivity contribution in [1.82, 2.24) is 5.32 Å². The lowest BCUT2D eigenvalue weighted by atomic mass is 10.0. The average molecular weight is 251 g/mol. The third kappa shape index (κ3) is 5.42. The lowest BCUT2D eigenvalue weighted by molar-refractivity contribution is -0.148. The van der Waals surface area contributed by atoms with Crippen LogP contribution < -0.4 is 5.32 Å². The van der Waals surface area contributed by atoms with Crippen LogP contribution in [-0.4, -0.2) is 69.0 Å². The van der Waals surface area contributed by atoms with Crippen LogP contribution in [0, 0.1) is 0 Å². The van der Waals surface area contributed by atoms with Gasteiger partial charge < -0.3 is 30.8 Å². The summed E-state index contributed by atoms with van der Waals surface area (Å²) < 4.78 is 0. The Hall–Kier alpha value is -0.730. The minimum absolute atomic E-state index is 0.359. The van der Waals surface area contributed by atoms with Crippen molar-refractivity contribution in [2.24, 2.45) is 0 Å². The Balaban J connectivity index is 4.18. The van der Waals surface area contributed by atoms with Crippen molar-refractivity contribution in [3.8, 4) is 0 Å². The Morgan fingerprint density at radius 1 is 1.18 bits per heavy atom.